The van der Waals surface area contributed by atoms with Gasteiger partial charge in [-0.1, -0.05) is 74.8 Å². The molecule has 0 radical (unpaired) electrons. The van der Waals surface area contributed by atoms with E-state index >= 15 is 0 Å². The topological polar surface area (TPSA) is 87.2 Å². The third kappa shape index (κ3) is 4.70. The minimum atomic E-state index is -1.15. The molecule has 3 atom stereocenters. The molecule has 0 spiro atoms. The highest BCUT2D eigenvalue weighted by atomic mass is 35.5. The Morgan fingerprint density at radius 1 is 1.11 bits per heavy atom. The van der Waals surface area contributed by atoms with Gasteiger partial charge in [-0.2, -0.15) is 0 Å². The van der Waals surface area contributed by atoms with E-state index in [2.05, 4.69) is 0 Å². The van der Waals surface area contributed by atoms with Crippen LogP contribution in [0.4, 0.5) is 9.59 Å². The van der Waals surface area contributed by atoms with Crippen molar-refractivity contribution in [2.45, 2.75) is 76.9 Å². The number of rotatable bonds is 5. The first-order valence-corrected chi connectivity index (χ1v) is 13.0. The van der Waals surface area contributed by atoms with Crippen LogP contribution in [0, 0.1) is 5.41 Å². The molecule has 198 valence electrons. The molecule has 8 heteroatoms. The second kappa shape index (κ2) is 9.67. The molecule has 0 aliphatic carbocycles. The first-order valence-electron chi connectivity index (χ1n) is 12.6. The maximum absolute atomic E-state index is 14.6. The maximum Gasteiger partial charge on any atom is 0.417 e. The van der Waals surface area contributed by atoms with E-state index < -0.39 is 46.5 Å². The van der Waals surface area contributed by atoms with Gasteiger partial charge in [0.2, 0.25) is 5.91 Å². The number of hydrogen-bond donors (Lipinski definition) is 1. The van der Waals surface area contributed by atoms with Gasteiger partial charge in [-0.25, -0.2) is 14.5 Å². The predicted molar refractivity (Wildman–Crippen MR) is 142 cm³/mol. The molecule has 3 amide bonds. The average Bonchev–Trinajstić information content (AvgIpc) is 3.31. The lowest BCUT2D eigenvalue weighted by Gasteiger charge is -2.54. The van der Waals surface area contributed by atoms with Gasteiger partial charge < -0.3 is 9.84 Å². The van der Waals surface area contributed by atoms with E-state index in [4.69, 9.17) is 16.3 Å². The van der Waals surface area contributed by atoms with Gasteiger partial charge in [-0.05, 0) is 61.8 Å². The molecule has 1 N–H and O–H groups in total. The van der Waals surface area contributed by atoms with Crippen molar-refractivity contribution in [3.63, 3.8) is 0 Å². The van der Waals surface area contributed by atoms with Crippen molar-refractivity contribution in [1.29, 1.82) is 0 Å². The molecule has 4 rings (SSSR count). The zero-order valence-corrected chi connectivity index (χ0v) is 22.8. The summed E-state index contributed by atoms with van der Waals surface area (Å²) in [5, 5.41) is 11.0. The molecule has 7 nitrogen and oxygen atoms in total. The van der Waals surface area contributed by atoms with E-state index in [0.717, 1.165) is 5.56 Å². The Kier molecular flexibility index (Phi) is 7.06. The van der Waals surface area contributed by atoms with Crippen molar-refractivity contribution in [2.75, 3.05) is 6.61 Å². The second-order valence-corrected chi connectivity index (χ2v) is 12.2. The fourth-order valence-electron chi connectivity index (χ4n) is 6.32. The summed E-state index contributed by atoms with van der Waals surface area (Å²) in [5.41, 5.74) is -0.979. The lowest BCUT2D eigenvalue weighted by Crippen LogP contribution is -2.65. The summed E-state index contributed by atoms with van der Waals surface area (Å²) in [4.78, 5) is 43.2. The molecule has 2 saturated heterocycles. The van der Waals surface area contributed by atoms with Crippen LogP contribution >= 0.6 is 11.6 Å². The first kappa shape index (κ1) is 27.0. The highest BCUT2D eigenvalue weighted by Crippen LogP contribution is 2.57. The van der Waals surface area contributed by atoms with Gasteiger partial charge in [0.25, 0.3) is 0 Å². The van der Waals surface area contributed by atoms with Crippen LogP contribution in [0.1, 0.15) is 64.5 Å². The number of carbonyl (C=O) groups excluding carboxylic acids is 2. The van der Waals surface area contributed by atoms with E-state index in [-0.39, 0.29) is 6.61 Å². The molecule has 2 aromatic carbocycles. The van der Waals surface area contributed by atoms with Crippen LogP contribution in [0.15, 0.2) is 54.6 Å². The van der Waals surface area contributed by atoms with Crippen molar-refractivity contribution in [1.82, 2.24) is 9.80 Å². The van der Waals surface area contributed by atoms with Crippen LogP contribution in [-0.4, -0.2) is 56.7 Å². The normalized spacial score (nSPS) is 24.2. The number of carboxylic acid groups (broad SMARTS) is 1. The second-order valence-electron chi connectivity index (χ2n) is 11.7. The van der Waals surface area contributed by atoms with Gasteiger partial charge in [0, 0.05) is 10.6 Å². The molecule has 0 bridgehead atoms. The van der Waals surface area contributed by atoms with Gasteiger partial charge >= 0.3 is 12.2 Å². The summed E-state index contributed by atoms with van der Waals surface area (Å²) in [6.45, 7) is 9.72. The molecular weight excluding hydrogens is 492 g/mol. The highest BCUT2D eigenvalue weighted by Gasteiger charge is 2.65. The summed E-state index contributed by atoms with van der Waals surface area (Å²) >= 11 is 6.39. The minimum absolute atomic E-state index is 0.0817. The number of benzene rings is 2. The highest BCUT2D eigenvalue weighted by molar-refractivity contribution is 6.30. The van der Waals surface area contributed by atoms with Crippen molar-refractivity contribution < 1.29 is 24.2 Å². The molecule has 2 fully saturated rings. The molecule has 0 saturated carbocycles. The van der Waals surface area contributed by atoms with E-state index in [9.17, 15) is 19.5 Å². The first-order chi connectivity index (χ1) is 17.3. The number of likely N-dealkylation sites (tertiary alicyclic amines) is 1. The molecule has 0 aromatic heterocycles. The summed E-state index contributed by atoms with van der Waals surface area (Å²) in [6, 6.07) is 16.1. The molecular formula is C29H35ClN2O5. The quantitative estimate of drug-likeness (QED) is 0.490. The maximum atomic E-state index is 14.6. The standard InChI is InChI=1S/C29H35ClN2O5/c1-27(2,3)29(15-14-28(4,5)32(29)25(34)35)23(20-12-9-13-21(30)17-20)24(33)31-22(18-37-26(31)36)16-19-10-7-6-8-11-19/h6-13,17,22-23H,14-16,18H2,1-5H3,(H,34,35)/t22-,23-,29?/m1/s1. The fourth-order valence-corrected chi connectivity index (χ4v) is 6.52. The number of carbonyl (C=O) groups is 3. The van der Waals surface area contributed by atoms with E-state index in [1.54, 1.807) is 24.3 Å². The number of amides is 3. The Balaban J connectivity index is 1.90. The Hall–Kier alpha value is -3.06. The Morgan fingerprint density at radius 3 is 2.38 bits per heavy atom. The molecule has 37 heavy (non-hydrogen) atoms. The van der Waals surface area contributed by atoms with Crippen LogP contribution < -0.4 is 0 Å². The predicted octanol–water partition coefficient (Wildman–Crippen LogP) is 6.35. The smallest absolute Gasteiger partial charge is 0.417 e. The van der Waals surface area contributed by atoms with E-state index in [0.29, 0.717) is 29.8 Å². The molecule has 2 aliphatic heterocycles. The number of cyclic esters (lactones) is 1. The van der Waals surface area contributed by atoms with Gasteiger partial charge in [0.05, 0.1) is 17.5 Å². The zero-order valence-electron chi connectivity index (χ0n) is 22.0. The minimum Gasteiger partial charge on any atom is -0.465 e. The Bertz CT molecular complexity index is 1190. The van der Waals surface area contributed by atoms with Crippen LogP contribution in [0.2, 0.25) is 5.02 Å². The van der Waals surface area contributed by atoms with E-state index in [1.807, 2.05) is 65.0 Å². The largest absolute Gasteiger partial charge is 0.465 e. The average molecular weight is 527 g/mol. The number of hydrogen-bond acceptors (Lipinski definition) is 4. The van der Waals surface area contributed by atoms with Crippen LogP contribution in [0.5, 0.6) is 0 Å². The molecule has 2 heterocycles. The van der Waals surface area contributed by atoms with Crippen molar-refractivity contribution in [3.8, 4) is 0 Å². The number of halogens is 1. The SMILES string of the molecule is CC1(C)CCC([C@@H](C(=O)N2C(=O)OC[C@H]2Cc2ccccc2)c2cccc(Cl)c2)(C(C)(C)C)N1C(=O)O. The fraction of sp³-hybridized carbons (Fsp3) is 0.483. The van der Waals surface area contributed by atoms with Crippen molar-refractivity contribution in [2.24, 2.45) is 5.41 Å². The van der Waals surface area contributed by atoms with Crippen molar-refractivity contribution in [3.05, 3.63) is 70.7 Å². The third-order valence-electron chi connectivity index (χ3n) is 8.03. The van der Waals surface area contributed by atoms with Gasteiger partial charge in [0.15, 0.2) is 0 Å². The summed E-state index contributed by atoms with van der Waals surface area (Å²) in [5.74, 6) is -1.45. The molecule has 1 unspecified atom stereocenters. The lowest BCUT2D eigenvalue weighted by molar-refractivity contribution is -0.138. The Morgan fingerprint density at radius 2 is 1.78 bits per heavy atom. The summed E-state index contributed by atoms with van der Waals surface area (Å²) in [6.07, 6.45) is -0.343. The molecule has 2 aromatic rings. The monoisotopic (exact) mass is 526 g/mol. The number of ether oxygens (including phenoxy) is 1. The van der Waals surface area contributed by atoms with Crippen LogP contribution in [0.3, 0.4) is 0 Å². The van der Waals surface area contributed by atoms with Crippen LogP contribution in [0.25, 0.3) is 0 Å². The third-order valence-corrected chi connectivity index (χ3v) is 8.27. The van der Waals surface area contributed by atoms with Gasteiger partial charge in [-0.15, -0.1) is 0 Å². The Labute approximate surface area is 223 Å². The van der Waals surface area contributed by atoms with Gasteiger partial charge in [0.1, 0.15) is 6.61 Å². The molecule has 2 aliphatic rings. The lowest BCUT2D eigenvalue weighted by atomic mass is 9.62. The number of imide groups is 1. The van der Waals surface area contributed by atoms with Crippen molar-refractivity contribution >= 4 is 29.7 Å². The number of nitrogens with zero attached hydrogens (tertiary/aromatic N) is 2. The summed E-state index contributed by atoms with van der Waals surface area (Å²) < 4.78 is 5.39. The summed E-state index contributed by atoms with van der Waals surface area (Å²) in [7, 11) is 0. The van der Waals surface area contributed by atoms with E-state index in [1.165, 1.54) is 9.80 Å². The van der Waals surface area contributed by atoms with Crippen LogP contribution in [-0.2, 0) is 16.0 Å². The zero-order chi connectivity index (χ0) is 27.2. The van der Waals surface area contributed by atoms with Gasteiger partial charge in [-0.3, -0.25) is 9.69 Å².